The Labute approximate surface area is 173 Å². The van der Waals surface area contributed by atoms with E-state index >= 15 is 0 Å². The highest BCUT2D eigenvalue weighted by molar-refractivity contribution is 6.10. The summed E-state index contributed by atoms with van der Waals surface area (Å²) in [5.41, 5.74) is 4.83. The number of anilines is 1. The zero-order chi connectivity index (χ0) is 21.7. The van der Waals surface area contributed by atoms with Gasteiger partial charge >= 0.3 is 6.03 Å². The minimum Gasteiger partial charge on any atom is -0.491 e. The molecule has 1 atom stereocenters. The van der Waals surface area contributed by atoms with E-state index in [0.717, 1.165) is 4.90 Å². The van der Waals surface area contributed by atoms with Crippen LogP contribution in [-0.4, -0.2) is 41.8 Å². The van der Waals surface area contributed by atoms with Crippen molar-refractivity contribution in [3.63, 3.8) is 0 Å². The normalized spacial score (nSPS) is 18.1. The number of para-hydroxylation sites is 2. The third-order valence-corrected chi connectivity index (χ3v) is 4.70. The first-order valence-electron chi connectivity index (χ1n) is 9.31. The van der Waals surface area contributed by atoms with E-state index in [1.54, 1.807) is 55.5 Å². The quantitative estimate of drug-likeness (QED) is 0.566. The van der Waals surface area contributed by atoms with Crippen LogP contribution in [0.25, 0.3) is 0 Å². The summed E-state index contributed by atoms with van der Waals surface area (Å²) >= 11 is 0. The molecule has 5 amide bonds. The molecule has 1 aliphatic heterocycles. The average molecular weight is 410 g/mol. The molecule has 3 rings (SSSR count). The number of rotatable bonds is 8. The van der Waals surface area contributed by atoms with Crippen LogP contribution in [0.3, 0.4) is 0 Å². The topological polar surface area (TPSA) is 131 Å². The number of carbonyl (C=O) groups excluding carboxylic acids is 4. The van der Waals surface area contributed by atoms with Gasteiger partial charge in [0.25, 0.3) is 5.91 Å². The first kappa shape index (κ1) is 20.8. The van der Waals surface area contributed by atoms with E-state index in [4.69, 9.17) is 10.5 Å². The van der Waals surface area contributed by atoms with Crippen LogP contribution in [0.15, 0.2) is 54.6 Å². The van der Waals surface area contributed by atoms with Crippen molar-refractivity contribution in [2.75, 3.05) is 18.5 Å². The van der Waals surface area contributed by atoms with Crippen LogP contribution in [0.1, 0.15) is 18.9 Å². The van der Waals surface area contributed by atoms with Gasteiger partial charge in [-0.15, -0.1) is 0 Å². The van der Waals surface area contributed by atoms with Gasteiger partial charge in [-0.05, 0) is 24.6 Å². The molecule has 4 N–H and O–H groups in total. The first-order chi connectivity index (χ1) is 14.3. The molecule has 2 aromatic carbocycles. The lowest BCUT2D eigenvalue weighted by Gasteiger charge is -2.22. The minimum atomic E-state index is -1.24. The standard InChI is InChI=1S/C21H22N4O5/c1-21(14-7-3-2-4-8-14)19(28)25(20(29)24-21)13-18(27)23-15-9-5-6-10-16(15)30-12-11-17(22)26/h2-10H,11-13H2,1H3,(H2,22,26)(H,23,27)(H,24,29). The molecule has 1 aliphatic rings. The number of nitrogens with one attached hydrogen (secondary N) is 2. The highest BCUT2D eigenvalue weighted by Crippen LogP contribution is 2.29. The molecule has 9 nitrogen and oxygen atoms in total. The number of benzene rings is 2. The summed E-state index contributed by atoms with van der Waals surface area (Å²) < 4.78 is 5.48. The van der Waals surface area contributed by atoms with Crippen LogP contribution in [0.5, 0.6) is 5.75 Å². The Hall–Kier alpha value is -3.88. The monoisotopic (exact) mass is 410 g/mol. The van der Waals surface area contributed by atoms with E-state index in [1.165, 1.54) is 0 Å². The number of ether oxygens (including phenoxy) is 1. The molecule has 9 heteroatoms. The lowest BCUT2D eigenvalue weighted by atomic mass is 9.92. The van der Waals surface area contributed by atoms with Crippen molar-refractivity contribution >= 4 is 29.4 Å². The van der Waals surface area contributed by atoms with Gasteiger partial charge in [0, 0.05) is 0 Å². The highest BCUT2D eigenvalue weighted by Gasteiger charge is 2.49. The van der Waals surface area contributed by atoms with Crippen molar-refractivity contribution in [1.82, 2.24) is 10.2 Å². The van der Waals surface area contributed by atoms with Gasteiger partial charge in [-0.1, -0.05) is 42.5 Å². The van der Waals surface area contributed by atoms with Gasteiger partial charge in [-0.2, -0.15) is 0 Å². The molecule has 0 aliphatic carbocycles. The summed E-state index contributed by atoms with van der Waals surface area (Å²) in [6, 6.07) is 14.8. The van der Waals surface area contributed by atoms with Crippen LogP contribution < -0.4 is 21.1 Å². The summed E-state index contributed by atoms with van der Waals surface area (Å²) in [6.07, 6.45) is 0.0306. The molecule has 1 heterocycles. The SMILES string of the molecule is CC1(c2ccccc2)NC(=O)N(CC(=O)Nc2ccccc2OCCC(N)=O)C1=O. The van der Waals surface area contributed by atoms with E-state index in [1.807, 2.05) is 6.07 Å². The summed E-state index contributed by atoms with van der Waals surface area (Å²) in [5.74, 6) is -1.24. The molecule has 1 saturated heterocycles. The number of amides is 5. The van der Waals surface area contributed by atoms with Crippen molar-refractivity contribution in [1.29, 1.82) is 0 Å². The highest BCUT2D eigenvalue weighted by atomic mass is 16.5. The van der Waals surface area contributed by atoms with Gasteiger partial charge < -0.3 is 21.1 Å². The van der Waals surface area contributed by atoms with Crippen LogP contribution in [0, 0.1) is 0 Å². The maximum atomic E-state index is 12.9. The van der Waals surface area contributed by atoms with Gasteiger partial charge in [0.2, 0.25) is 11.8 Å². The van der Waals surface area contributed by atoms with Crippen molar-refractivity contribution < 1.29 is 23.9 Å². The zero-order valence-corrected chi connectivity index (χ0v) is 16.4. The lowest BCUT2D eigenvalue weighted by molar-refractivity contribution is -0.133. The molecule has 0 radical (unpaired) electrons. The number of imide groups is 1. The van der Waals surface area contributed by atoms with Crippen molar-refractivity contribution in [2.45, 2.75) is 18.9 Å². The maximum Gasteiger partial charge on any atom is 0.325 e. The molecule has 0 spiro atoms. The Morgan fingerprint density at radius 2 is 1.77 bits per heavy atom. The van der Waals surface area contributed by atoms with E-state index in [-0.39, 0.29) is 13.0 Å². The summed E-state index contributed by atoms with van der Waals surface area (Å²) in [6.45, 7) is 1.20. The second-order valence-corrected chi connectivity index (χ2v) is 6.92. The van der Waals surface area contributed by atoms with Gasteiger partial charge in [0.1, 0.15) is 17.8 Å². The Morgan fingerprint density at radius 3 is 2.47 bits per heavy atom. The fourth-order valence-electron chi connectivity index (χ4n) is 3.10. The molecule has 1 unspecified atom stereocenters. The summed E-state index contributed by atoms with van der Waals surface area (Å²) in [5, 5.41) is 5.28. The third kappa shape index (κ3) is 4.40. The molecular formula is C21H22N4O5. The lowest BCUT2D eigenvalue weighted by Crippen LogP contribution is -2.42. The Morgan fingerprint density at radius 1 is 1.10 bits per heavy atom. The number of primary amides is 1. The number of hydrogen-bond acceptors (Lipinski definition) is 5. The third-order valence-electron chi connectivity index (χ3n) is 4.70. The average Bonchev–Trinajstić information content (AvgIpc) is 2.94. The van der Waals surface area contributed by atoms with Crippen molar-refractivity contribution in [3.05, 3.63) is 60.2 Å². The second kappa shape index (κ2) is 8.64. The van der Waals surface area contributed by atoms with Gasteiger partial charge in [0.05, 0.1) is 18.7 Å². The van der Waals surface area contributed by atoms with E-state index in [0.29, 0.717) is 17.0 Å². The second-order valence-electron chi connectivity index (χ2n) is 6.92. The van der Waals surface area contributed by atoms with Gasteiger partial charge in [-0.25, -0.2) is 4.79 Å². The zero-order valence-electron chi connectivity index (χ0n) is 16.4. The molecule has 0 bridgehead atoms. The van der Waals surface area contributed by atoms with Crippen LogP contribution in [-0.2, 0) is 19.9 Å². The van der Waals surface area contributed by atoms with E-state index in [9.17, 15) is 19.2 Å². The number of carbonyl (C=O) groups is 4. The molecule has 0 saturated carbocycles. The van der Waals surface area contributed by atoms with E-state index < -0.39 is 35.8 Å². The Kier molecular flexibility index (Phi) is 6.01. The molecule has 0 aromatic heterocycles. The molecule has 1 fully saturated rings. The predicted octanol–water partition coefficient (Wildman–Crippen LogP) is 1.35. The molecule has 156 valence electrons. The van der Waals surface area contributed by atoms with Crippen LogP contribution >= 0.6 is 0 Å². The summed E-state index contributed by atoms with van der Waals surface area (Å²) in [7, 11) is 0. The number of hydrogen-bond donors (Lipinski definition) is 3. The molecule has 30 heavy (non-hydrogen) atoms. The van der Waals surface area contributed by atoms with Crippen molar-refractivity contribution in [3.8, 4) is 5.75 Å². The maximum absolute atomic E-state index is 12.9. The van der Waals surface area contributed by atoms with E-state index in [2.05, 4.69) is 10.6 Å². The van der Waals surface area contributed by atoms with Gasteiger partial charge in [0.15, 0.2) is 0 Å². The fraction of sp³-hybridized carbons (Fsp3) is 0.238. The molecule has 2 aromatic rings. The largest absolute Gasteiger partial charge is 0.491 e. The summed E-state index contributed by atoms with van der Waals surface area (Å²) in [4.78, 5) is 49.5. The number of nitrogens with two attached hydrogens (primary N) is 1. The van der Waals surface area contributed by atoms with Crippen LogP contribution in [0.2, 0.25) is 0 Å². The predicted molar refractivity (Wildman–Crippen MR) is 108 cm³/mol. The number of urea groups is 1. The van der Waals surface area contributed by atoms with Crippen molar-refractivity contribution in [2.24, 2.45) is 5.73 Å². The first-order valence-corrected chi connectivity index (χ1v) is 9.31. The Bertz CT molecular complexity index is 978. The number of nitrogens with zero attached hydrogens (tertiary/aromatic N) is 1. The Balaban J connectivity index is 1.68. The minimum absolute atomic E-state index is 0.0306. The van der Waals surface area contributed by atoms with Gasteiger partial charge in [-0.3, -0.25) is 19.3 Å². The smallest absolute Gasteiger partial charge is 0.325 e. The fourth-order valence-corrected chi connectivity index (χ4v) is 3.10. The molecular weight excluding hydrogens is 388 g/mol. The van der Waals surface area contributed by atoms with Crippen LogP contribution in [0.4, 0.5) is 10.5 Å².